The van der Waals surface area contributed by atoms with Gasteiger partial charge in [0, 0.05) is 23.6 Å². The Bertz CT molecular complexity index is 1110. The first-order valence-electron chi connectivity index (χ1n) is 8.36. The summed E-state index contributed by atoms with van der Waals surface area (Å²) < 4.78 is 31.3. The quantitative estimate of drug-likeness (QED) is 0.536. The Kier molecular flexibility index (Phi) is 6.27. The molecule has 0 saturated heterocycles. The molecule has 0 aliphatic rings. The third-order valence-electron chi connectivity index (χ3n) is 3.72. The van der Waals surface area contributed by atoms with Gasteiger partial charge in [0.1, 0.15) is 0 Å². The largest absolute Gasteiger partial charge is 0.338 e. The summed E-state index contributed by atoms with van der Waals surface area (Å²) in [5.74, 6) is -0.121. The van der Waals surface area contributed by atoms with Crippen LogP contribution in [0.1, 0.15) is 19.7 Å². The van der Waals surface area contributed by atoms with Gasteiger partial charge in [-0.2, -0.15) is 9.29 Å². The van der Waals surface area contributed by atoms with Gasteiger partial charge in [-0.1, -0.05) is 41.9 Å². The Morgan fingerprint density at radius 2 is 1.97 bits per heavy atom. The first kappa shape index (κ1) is 21.3. The zero-order valence-electron chi connectivity index (χ0n) is 15.7. The molecule has 0 aliphatic heterocycles. The molecule has 1 aromatic carbocycles. The molecular weight excluding hydrogens is 440 g/mol. The number of hydrogen-bond donors (Lipinski definition) is 1. The Balaban J connectivity index is 1.71. The van der Waals surface area contributed by atoms with E-state index in [1.54, 1.807) is 38.1 Å². The minimum atomic E-state index is -3.95. The number of halogens is 1. The summed E-state index contributed by atoms with van der Waals surface area (Å²) in [7, 11) is -2.60. The van der Waals surface area contributed by atoms with Gasteiger partial charge in [-0.25, -0.2) is 8.42 Å². The lowest BCUT2D eigenvalue weighted by Crippen LogP contribution is -2.26. The first-order valence-corrected chi connectivity index (χ1v) is 11.0. The number of nitrogens with one attached hydrogen (secondary N) is 1. The minimum absolute atomic E-state index is 0.110. The van der Waals surface area contributed by atoms with Crippen molar-refractivity contribution >= 4 is 44.0 Å². The van der Waals surface area contributed by atoms with Crippen LogP contribution < -0.4 is 5.32 Å². The number of rotatable bonds is 7. The fraction of sp³-hybridized carbons (Fsp3) is 0.312. The maximum Gasteiger partial charge on any atom is 0.272 e. The van der Waals surface area contributed by atoms with Gasteiger partial charge in [0.05, 0.1) is 6.54 Å². The second-order valence-electron chi connectivity index (χ2n) is 6.30. The lowest BCUT2D eigenvalue weighted by Gasteiger charge is -2.11. The van der Waals surface area contributed by atoms with Crippen molar-refractivity contribution in [1.82, 2.24) is 24.6 Å². The van der Waals surface area contributed by atoms with Crippen molar-refractivity contribution in [3.8, 4) is 11.4 Å². The zero-order valence-corrected chi connectivity index (χ0v) is 18.0. The van der Waals surface area contributed by atoms with E-state index in [0.717, 1.165) is 15.6 Å². The smallest absolute Gasteiger partial charge is 0.272 e. The van der Waals surface area contributed by atoms with Crippen LogP contribution in [0, 0.1) is 5.92 Å². The van der Waals surface area contributed by atoms with Gasteiger partial charge >= 0.3 is 0 Å². The molecule has 154 valence electrons. The average Bonchev–Trinajstić information content (AvgIpc) is 3.32. The van der Waals surface area contributed by atoms with Crippen LogP contribution in [0.5, 0.6) is 0 Å². The highest BCUT2D eigenvalue weighted by Gasteiger charge is 2.28. The molecule has 13 heteroatoms. The molecule has 10 nitrogen and oxygen atoms in total. The van der Waals surface area contributed by atoms with Gasteiger partial charge in [-0.3, -0.25) is 4.79 Å². The Morgan fingerprint density at radius 1 is 1.28 bits per heavy atom. The van der Waals surface area contributed by atoms with Gasteiger partial charge in [0.15, 0.2) is 0 Å². The molecule has 2 aromatic heterocycles. The number of carbonyl (C=O) groups is 1. The number of sulfonamides is 1. The van der Waals surface area contributed by atoms with E-state index >= 15 is 0 Å². The third-order valence-corrected chi connectivity index (χ3v) is 6.96. The molecule has 0 bridgehead atoms. The van der Waals surface area contributed by atoms with Gasteiger partial charge in [-0.05, 0) is 24.3 Å². The van der Waals surface area contributed by atoms with E-state index in [9.17, 15) is 13.2 Å². The second kappa shape index (κ2) is 8.53. The highest BCUT2D eigenvalue weighted by atomic mass is 35.5. The van der Waals surface area contributed by atoms with Crippen LogP contribution in [-0.4, -0.2) is 46.0 Å². The maximum atomic E-state index is 12.7. The molecule has 0 radical (unpaired) electrons. The molecule has 1 N–H and O–H groups in total. The third kappa shape index (κ3) is 4.96. The summed E-state index contributed by atoms with van der Waals surface area (Å²) in [6, 6.07) is 6.83. The van der Waals surface area contributed by atoms with Crippen molar-refractivity contribution in [3.05, 3.63) is 35.2 Å². The molecule has 0 saturated carbocycles. The lowest BCUT2D eigenvalue weighted by molar-refractivity contribution is -0.118. The first-order chi connectivity index (χ1) is 13.7. The highest BCUT2D eigenvalue weighted by Crippen LogP contribution is 2.24. The van der Waals surface area contributed by atoms with Crippen molar-refractivity contribution in [2.75, 3.05) is 12.4 Å². The van der Waals surface area contributed by atoms with Crippen LogP contribution in [0.4, 0.5) is 5.13 Å². The van der Waals surface area contributed by atoms with E-state index in [2.05, 4.69) is 25.7 Å². The zero-order chi connectivity index (χ0) is 21.2. The molecule has 3 aromatic rings. The van der Waals surface area contributed by atoms with Crippen molar-refractivity contribution in [1.29, 1.82) is 0 Å². The van der Waals surface area contributed by atoms with Crippen molar-refractivity contribution in [2.45, 2.75) is 24.7 Å². The topological polar surface area (TPSA) is 131 Å². The van der Waals surface area contributed by atoms with E-state index in [-0.39, 0.29) is 33.7 Å². The molecule has 0 aliphatic carbocycles. The fourth-order valence-electron chi connectivity index (χ4n) is 2.06. The normalized spacial score (nSPS) is 11.9. The Morgan fingerprint density at radius 3 is 2.62 bits per heavy atom. The predicted molar refractivity (Wildman–Crippen MR) is 107 cm³/mol. The van der Waals surface area contributed by atoms with E-state index in [0.29, 0.717) is 16.4 Å². The van der Waals surface area contributed by atoms with E-state index < -0.39 is 10.0 Å². The van der Waals surface area contributed by atoms with Gasteiger partial charge < -0.3 is 9.84 Å². The molecule has 0 atom stereocenters. The molecule has 1 amide bonds. The van der Waals surface area contributed by atoms with Crippen LogP contribution in [0.2, 0.25) is 5.02 Å². The number of carbonyl (C=O) groups excluding carboxylic acids is 1. The average molecular weight is 457 g/mol. The second-order valence-corrected chi connectivity index (χ2v) is 9.93. The molecule has 0 unspecified atom stereocenters. The number of benzene rings is 1. The maximum absolute atomic E-state index is 12.7. The molecule has 29 heavy (non-hydrogen) atoms. The molecule has 3 rings (SSSR count). The van der Waals surface area contributed by atoms with E-state index in [4.69, 9.17) is 16.1 Å². The number of nitrogens with zero attached hydrogens (tertiary/aromatic N) is 5. The summed E-state index contributed by atoms with van der Waals surface area (Å²) in [4.78, 5) is 15.9. The van der Waals surface area contributed by atoms with E-state index in [1.165, 1.54) is 7.05 Å². The fourth-order valence-corrected chi connectivity index (χ4v) is 4.40. The molecule has 2 heterocycles. The number of aromatic nitrogens is 4. The highest BCUT2D eigenvalue weighted by molar-refractivity contribution is 7.91. The molecular formula is C16H17ClN6O4S2. The van der Waals surface area contributed by atoms with Gasteiger partial charge in [0.2, 0.25) is 27.1 Å². The Hall–Kier alpha value is -2.41. The van der Waals surface area contributed by atoms with Crippen molar-refractivity contribution < 1.29 is 17.7 Å². The predicted octanol–water partition coefficient (Wildman–Crippen LogP) is 2.66. The lowest BCUT2D eigenvalue weighted by atomic mass is 10.2. The summed E-state index contributed by atoms with van der Waals surface area (Å²) in [6.07, 6.45) is 0. The number of anilines is 1. The van der Waals surface area contributed by atoms with Gasteiger partial charge in [-0.15, -0.1) is 10.2 Å². The van der Waals surface area contributed by atoms with Crippen LogP contribution in [0.3, 0.4) is 0 Å². The summed E-state index contributed by atoms with van der Waals surface area (Å²) >= 11 is 6.62. The SMILES string of the molecule is CC(C)C(=O)Nc1nnc(S(=O)(=O)N(C)Cc2nc(-c3ccc(Cl)cc3)no2)s1. The summed E-state index contributed by atoms with van der Waals surface area (Å²) in [5, 5.41) is 14.4. The Labute approximate surface area is 176 Å². The van der Waals surface area contributed by atoms with Crippen LogP contribution >= 0.6 is 22.9 Å². The minimum Gasteiger partial charge on any atom is -0.338 e. The number of hydrogen-bond acceptors (Lipinski definition) is 9. The van der Waals surface area contributed by atoms with Crippen LogP contribution in [0.25, 0.3) is 11.4 Å². The summed E-state index contributed by atoms with van der Waals surface area (Å²) in [6.45, 7) is 3.27. The molecule has 0 spiro atoms. The van der Waals surface area contributed by atoms with Crippen LogP contribution in [0.15, 0.2) is 33.1 Å². The number of amides is 1. The van der Waals surface area contributed by atoms with E-state index in [1.807, 2.05) is 0 Å². The molecule has 0 fully saturated rings. The van der Waals surface area contributed by atoms with Gasteiger partial charge in [0.25, 0.3) is 10.0 Å². The van der Waals surface area contributed by atoms with Crippen molar-refractivity contribution in [3.63, 3.8) is 0 Å². The summed E-state index contributed by atoms with van der Waals surface area (Å²) in [5.41, 5.74) is 0.685. The van der Waals surface area contributed by atoms with Crippen molar-refractivity contribution in [2.24, 2.45) is 5.92 Å². The van der Waals surface area contributed by atoms with Crippen LogP contribution in [-0.2, 0) is 21.4 Å². The monoisotopic (exact) mass is 456 g/mol. The standard InChI is InChI=1S/C16H17ClN6O4S2/c1-9(2)14(24)19-15-20-21-16(28-15)29(25,26)23(3)8-12-18-13(22-27-12)10-4-6-11(17)7-5-10/h4-7,9H,8H2,1-3H3,(H,19,20,24).